The molecule has 0 saturated heterocycles. The molecule has 6 heteroatoms. The van der Waals surface area contributed by atoms with Crippen LogP contribution in [0.2, 0.25) is 0 Å². The van der Waals surface area contributed by atoms with E-state index in [2.05, 4.69) is 30.8 Å². The maximum atomic E-state index is 14.2. The Morgan fingerprint density at radius 3 is 2.85 bits per heavy atom. The Morgan fingerprint density at radius 2 is 2.23 bits per heavy atom. The van der Waals surface area contributed by atoms with Gasteiger partial charge in [0.15, 0.2) is 5.83 Å². The van der Waals surface area contributed by atoms with Crippen molar-refractivity contribution in [3.8, 4) is 12.3 Å². The minimum absolute atomic E-state index is 0.00830. The van der Waals surface area contributed by atoms with Crippen molar-refractivity contribution in [3.05, 3.63) is 47.4 Å². The first kappa shape index (κ1) is 20.3. The van der Waals surface area contributed by atoms with Crippen LogP contribution in [0.25, 0.3) is 0 Å². The molecule has 1 spiro atoms. The zero-order valence-corrected chi connectivity index (χ0v) is 16.3. The van der Waals surface area contributed by atoms with Crippen LogP contribution in [0.4, 0.5) is 8.78 Å². The van der Waals surface area contributed by atoms with E-state index in [1.807, 2.05) is 17.9 Å². The molecule has 140 valence electrons. The fourth-order valence-electron chi connectivity index (χ4n) is 3.27. The minimum atomic E-state index is -0.803. The summed E-state index contributed by atoms with van der Waals surface area (Å²) in [6.45, 7) is 11.0. The Bertz CT molecular complexity index is 743. The van der Waals surface area contributed by atoms with Crippen LogP contribution in [0.5, 0.6) is 0 Å². The number of allylic oxidation sites excluding steroid dienone is 6. The molecule has 26 heavy (non-hydrogen) atoms. The molecule has 1 aliphatic carbocycles. The maximum Gasteiger partial charge on any atom is 0.172 e. The number of hydrazone groups is 1. The average Bonchev–Trinajstić information content (AvgIpc) is 2.96. The van der Waals surface area contributed by atoms with Crippen molar-refractivity contribution in [3.63, 3.8) is 0 Å². The van der Waals surface area contributed by atoms with Gasteiger partial charge in [0.1, 0.15) is 15.7 Å². The van der Waals surface area contributed by atoms with Crippen LogP contribution < -0.4 is 5.32 Å². The Kier molecular flexibility index (Phi) is 6.71. The van der Waals surface area contributed by atoms with Crippen molar-refractivity contribution in [2.75, 3.05) is 6.54 Å². The molecule has 0 bridgehead atoms. The molecule has 1 N–H and O–H groups in total. The van der Waals surface area contributed by atoms with Gasteiger partial charge in [0.2, 0.25) is 0 Å². The zero-order chi connectivity index (χ0) is 19.3. The van der Waals surface area contributed by atoms with Gasteiger partial charge in [0, 0.05) is 24.4 Å². The van der Waals surface area contributed by atoms with Gasteiger partial charge in [-0.3, -0.25) is 0 Å². The van der Waals surface area contributed by atoms with Crippen molar-refractivity contribution in [2.24, 2.45) is 5.10 Å². The Labute approximate surface area is 159 Å². The van der Waals surface area contributed by atoms with E-state index in [4.69, 9.17) is 6.42 Å². The molecule has 1 heterocycles. The number of hydrogen-bond acceptors (Lipinski definition) is 4. The summed E-state index contributed by atoms with van der Waals surface area (Å²) in [5, 5.41) is 10.6. The quantitative estimate of drug-likeness (QED) is 0.498. The van der Waals surface area contributed by atoms with Crippen molar-refractivity contribution < 1.29 is 8.78 Å². The first-order valence-corrected chi connectivity index (χ1v) is 9.50. The lowest BCUT2D eigenvalue weighted by Crippen LogP contribution is -2.43. The molecule has 2 rings (SSSR count). The molecule has 1 aliphatic heterocycles. The highest BCUT2D eigenvalue weighted by Gasteiger charge is 2.47. The summed E-state index contributed by atoms with van der Waals surface area (Å²) >= 11 is 1.56. The summed E-state index contributed by atoms with van der Waals surface area (Å²) < 4.78 is 27.1. The number of halogens is 2. The SMILES string of the molecule is C#C/C(F)=C\C=C(\F)CC1=NN(C(=C)C)C2(CCCC(NCC)=C2C)S1. The first-order valence-electron chi connectivity index (χ1n) is 8.68. The van der Waals surface area contributed by atoms with E-state index in [0.29, 0.717) is 5.04 Å². The summed E-state index contributed by atoms with van der Waals surface area (Å²) in [5.41, 5.74) is 3.25. The van der Waals surface area contributed by atoms with E-state index < -0.39 is 11.7 Å². The minimum Gasteiger partial charge on any atom is -0.389 e. The molecule has 3 nitrogen and oxygen atoms in total. The van der Waals surface area contributed by atoms with E-state index in [-0.39, 0.29) is 11.3 Å². The van der Waals surface area contributed by atoms with Crippen molar-refractivity contribution >= 4 is 16.8 Å². The summed E-state index contributed by atoms with van der Waals surface area (Å²) in [4.78, 5) is -0.364. The highest BCUT2D eigenvalue weighted by Crippen LogP contribution is 2.52. The molecule has 2 aliphatic rings. The second-order valence-corrected chi connectivity index (χ2v) is 7.71. The van der Waals surface area contributed by atoms with E-state index in [0.717, 1.165) is 43.7 Å². The second kappa shape index (κ2) is 8.59. The predicted octanol–water partition coefficient (Wildman–Crippen LogP) is 5.38. The van der Waals surface area contributed by atoms with Gasteiger partial charge in [-0.2, -0.15) is 9.49 Å². The molecule has 0 aromatic rings. The molecule has 1 atom stereocenters. The van der Waals surface area contributed by atoms with Crippen LogP contribution in [0.1, 0.15) is 46.5 Å². The molecule has 0 aromatic carbocycles. The Hall–Kier alpha value is -2.00. The van der Waals surface area contributed by atoms with Gasteiger partial charge >= 0.3 is 0 Å². The number of nitrogens with zero attached hydrogens (tertiary/aromatic N) is 2. The highest BCUT2D eigenvalue weighted by atomic mass is 32.2. The van der Waals surface area contributed by atoms with Gasteiger partial charge in [-0.05, 0) is 63.7 Å². The third-order valence-corrected chi connectivity index (χ3v) is 5.92. The van der Waals surface area contributed by atoms with Crippen LogP contribution in [-0.4, -0.2) is 21.5 Å². The van der Waals surface area contributed by atoms with E-state index in [1.165, 1.54) is 11.3 Å². The maximum absolute atomic E-state index is 14.2. The summed E-state index contributed by atoms with van der Waals surface area (Å²) in [7, 11) is 0. The number of rotatable bonds is 6. The Morgan fingerprint density at radius 1 is 1.50 bits per heavy atom. The number of hydrogen-bond donors (Lipinski definition) is 1. The normalized spacial score (nSPS) is 24.0. The van der Waals surface area contributed by atoms with Gasteiger partial charge in [0.25, 0.3) is 0 Å². The molecular weight excluding hydrogens is 352 g/mol. The monoisotopic (exact) mass is 377 g/mol. The molecule has 0 saturated carbocycles. The lowest BCUT2D eigenvalue weighted by atomic mass is 9.90. The Balaban J connectivity index is 2.29. The third-order valence-electron chi connectivity index (χ3n) is 4.44. The van der Waals surface area contributed by atoms with Gasteiger partial charge < -0.3 is 5.32 Å². The van der Waals surface area contributed by atoms with E-state index in [9.17, 15) is 8.78 Å². The number of thioether (sulfide) groups is 1. The molecule has 0 fully saturated rings. The summed E-state index contributed by atoms with van der Waals surface area (Å²) in [6, 6.07) is 0. The number of terminal acetylenes is 1. The zero-order valence-electron chi connectivity index (χ0n) is 15.5. The summed E-state index contributed by atoms with van der Waals surface area (Å²) in [5.74, 6) is 0.535. The van der Waals surface area contributed by atoms with Crippen LogP contribution >= 0.6 is 11.8 Å². The third kappa shape index (κ3) is 4.21. The molecular formula is C20H25F2N3S. The van der Waals surface area contributed by atoms with Crippen molar-refractivity contribution in [1.82, 2.24) is 10.3 Å². The smallest absolute Gasteiger partial charge is 0.172 e. The largest absolute Gasteiger partial charge is 0.389 e. The van der Waals surface area contributed by atoms with E-state index >= 15 is 0 Å². The van der Waals surface area contributed by atoms with Crippen LogP contribution in [-0.2, 0) is 0 Å². The highest BCUT2D eigenvalue weighted by molar-refractivity contribution is 8.15. The summed E-state index contributed by atoms with van der Waals surface area (Å²) in [6.07, 6.45) is 9.88. The fraction of sp³-hybridized carbons (Fsp3) is 0.450. The molecule has 0 amide bonds. The lowest BCUT2D eigenvalue weighted by molar-refractivity contribution is 0.244. The predicted molar refractivity (Wildman–Crippen MR) is 106 cm³/mol. The average molecular weight is 378 g/mol. The topological polar surface area (TPSA) is 27.6 Å². The molecule has 1 unspecified atom stereocenters. The van der Waals surface area contributed by atoms with Crippen LogP contribution in [0.3, 0.4) is 0 Å². The molecule has 0 radical (unpaired) electrons. The van der Waals surface area contributed by atoms with E-state index in [1.54, 1.807) is 11.8 Å². The van der Waals surface area contributed by atoms with Crippen LogP contribution in [0.15, 0.2) is 52.5 Å². The fourth-order valence-corrected chi connectivity index (χ4v) is 4.80. The second-order valence-electron chi connectivity index (χ2n) is 6.36. The molecule has 0 aromatic heterocycles. The lowest BCUT2D eigenvalue weighted by Gasteiger charge is -2.42. The first-order chi connectivity index (χ1) is 12.3. The van der Waals surface area contributed by atoms with Gasteiger partial charge in [-0.25, -0.2) is 9.40 Å². The van der Waals surface area contributed by atoms with Crippen LogP contribution in [0, 0.1) is 12.3 Å². The number of nitrogens with one attached hydrogen (secondary N) is 1. The van der Waals surface area contributed by atoms with Crippen molar-refractivity contribution in [1.29, 1.82) is 0 Å². The standard InChI is InChI=1S/C20H25F2N3S/c1-6-16(21)10-11-17(22)13-19-24-25(14(3)4)20(26-19)12-8-9-18(15(20)5)23-7-2/h1,10-11,23H,3,7-9,12-13H2,2,4-5H3/b16-10+,17-11+. The van der Waals surface area contributed by atoms with Gasteiger partial charge in [0.05, 0.1) is 0 Å². The van der Waals surface area contributed by atoms with Gasteiger partial charge in [-0.15, -0.1) is 6.42 Å². The van der Waals surface area contributed by atoms with Crippen molar-refractivity contribution in [2.45, 2.75) is 51.3 Å². The van der Waals surface area contributed by atoms with Gasteiger partial charge in [-0.1, -0.05) is 18.3 Å².